The maximum absolute atomic E-state index is 8.10. The molecule has 6 heterocycles. The van der Waals surface area contributed by atoms with Crippen molar-refractivity contribution in [2.45, 2.75) is 157 Å². The summed E-state index contributed by atoms with van der Waals surface area (Å²) >= 11 is 1.94. The van der Waals surface area contributed by atoms with Crippen LogP contribution in [0.1, 0.15) is 158 Å². The zero-order valence-corrected chi connectivity index (χ0v) is 67.2. The predicted octanol–water partition coefficient (Wildman–Crippen LogP) is 26.9. The van der Waals surface area contributed by atoms with E-state index in [1.54, 1.807) is 0 Å². The first-order valence-corrected chi connectivity index (χ1v) is 40.0. The number of hydrogen-bond donors (Lipinski definition) is 0. The smallest absolute Gasteiger partial charge is 0.258 e. The molecule has 0 amide bonds. The Morgan fingerprint density at radius 1 is 0.294 bits per heavy atom. The van der Waals surface area contributed by atoms with Crippen LogP contribution in [0.4, 0.5) is 17.1 Å². The summed E-state index contributed by atoms with van der Waals surface area (Å²) in [6, 6.07) is 96.6. The highest BCUT2D eigenvalue weighted by Gasteiger charge is 2.46. The zero-order valence-electron chi connectivity index (χ0n) is 66.4. The predicted molar refractivity (Wildman–Crippen MR) is 471 cm³/mol. The molecule has 0 fully saturated rings. The minimum absolute atomic E-state index is 0.0477. The van der Waals surface area contributed by atoms with Gasteiger partial charge in [-0.25, -0.2) is 0 Å². The van der Waals surface area contributed by atoms with E-state index in [4.69, 9.17) is 4.74 Å². The second kappa shape index (κ2) is 23.8. The highest BCUT2D eigenvalue weighted by molar-refractivity contribution is 7.28. The molecule has 0 saturated heterocycles. The Balaban J connectivity index is 0.990. The van der Waals surface area contributed by atoms with Crippen LogP contribution < -0.4 is 26.0 Å². The molecule has 0 radical (unpaired) electrons. The summed E-state index contributed by atoms with van der Waals surface area (Å²) in [6.45, 7) is 41.7. The molecule has 2 aliphatic heterocycles. The van der Waals surface area contributed by atoms with Crippen LogP contribution in [0.15, 0.2) is 249 Å². The summed E-state index contributed by atoms with van der Waals surface area (Å²) < 4.78 is 18.3. The normalized spacial score (nSPS) is 13.6. The molecule has 13 aromatic carbocycles. The van der Waals surface area contributed by atoms with E-state index >= 15 is 0 Å². The third-order valence-corrected chi connectivity index (χ3v) is 25.2. The minimum atomic E-state index is -0.303. The van der Waals surface area contributed by atoms with Gasteiger partial charge in [0.15, 0.2) is 0 Å². The Morgan fingerprint density at radius 3 is 1.09 bits per heavy atom. The number of nitrogens with zero attached hydrogens (tertiary/aromatic N) is 4. The Kier molecular flexibility index (Phi) is 15.0. The Labute approximate surface area is 646 Å². The van der Waals surface area contributed by atoms with Crippen LogP contribution in [0.5, 0.6) is 11.5 Å². The second-order valence-electron chi connectivity index (χ2n) is 37.4. The number of hydrogen-bond acceptors (Lipinski definition) is 3. The van der Waals surface area contributed by atoms with Crippen molar-refractivity contribution >= 4 is 137 Å². The quantitative estimate of drug-likeness (QED) is 0.155. The highest BCUT2D eigenvalue weighted by Crippen LogP contribution is 2.54. The molecule has 538 valence electrons. The molecular weight excluding hydrogens is 1340 g/mol. The number of para-hydroxylation sites is 1. The lowest BCUT2D eigenvalue weighted by Gasteiger charge is -2.42. The summed E-state index contributed by atoms with van der Waals surface area (Å²) in [5, 5.41) is 9.98. The lowest BCUT2D eigenvalue weighted by atomic mass is 9.34. The SMILES string of the molecule is CC(C)(C)c1ccc2c(c1)c1cc(C(C)(C)C)ccc1n2-c1ccc2c(c1)Oc1cc(-n3c4ccc(C(C)(C)C)cc4c4cc(C(C)(C)C)ccc43)cc3c1B2c1c(cc(-n2c4ccc(C(C)(C)C)cc4c4cc(C(C)(C)C)ccc42)c2c1sc1ccccc12)N3c1c(-c2ccccc2)cccc1-c1ccccc1. The average Bonchev–Trinajstić information content (AvgIpc) is 1.67. The molecular formula is C102H95BN4OS. The van der Waals surface area contributed by atoms with Crippen LogP contribution >= 0.6 is 11.3 Å². The molecule has 0 atom stereocenters. The van der Waals surface area contributed by atoms with Crippen molar-refractivity contribution < 1.29 is 4.74 Å². The van der Waals surface area contributed by atoms with Gasteiger partial charge in [-0.1, -0.05) is 264 Å². The van der Waals surface area contributed by atoms with E-state index in [0.29, 0.717) is 0 Å². The van der Waals surface area contributed by atoms with E-state index in [0.717, 1.165) is 89.8 Å². The zero-order chi connectivity index (χ0) is 75.7. The van der Waals surface area contributed by atoms with Gasteiger partial charge in [-0.3, -0.25) is 0 Å². The molecule has 0 bridgehead atoms. The fourth-order valence-electron chi connectivity index (χ4n) is 17.9. The highest BCUT2D eigenvalue weighted by atomic mass is 32.1. The van der Waals surface area contributed by atoms with E-state index in [9.17, 15) is 0 Å². The maximum atomic E-state index is 8.10. The van der Waals surface area contributed by atoms with Gasteiger partial charge in [0.05, 0.1) is 50.2 Å². The molecule has 7 heteroatoms. The average molecular weight is 1440 g/mol. The molecule has 109 heavy (non-hydrogen) atoms. The van der Waals surface area contributed by atoms with E-state index in [-0.39, 0.29) is 39.2 Å². The fourth-order valence-corrected chi connectivity index (χ4v) is 19.2. The maximum Gasteiger partial charge on any atom is 0.258 e. The van der Waals surface area contributed by atoms with E-state index < -0.39 is 0 Å². The molecule has 0 aliphatic carbocycles. The van der Waals surface area contributed by atoms with Crippen LogP contribution in [0.3, 0.4) is 0 Å². The van der Waals surface area contributed by atoms with Crippen LogP contribution in [0.2, 0.25) is 0 Å². The van der Waals surface area contributed by atoms with Gasteiger partial charge in [0, 0.05) is 92.8 Å². The first-order chi connectivity index (χ1) is 51.8. The van der Waals surface area contributed by atoms with Crippen molar-refractivity contribution in [3.63, 3.8) is 0 Å². The Bertz CT molecular complexity index is 6420. The Morgan fingerprint density at radius 2 is 0.670 bits per heavy atom. The van der Waals surface area contributed by atoms with Gasteiger partial charge in [-0.15, -0.1) is 11.3 Å². The van der Waals surface area contributed by atoms with Crippen LogP contribution in [-0.4, -0.2) is 20.4 Å². The second-order valence-corrected chi connectivity index (χ2v) is 38.5. The topological polar surface area (TPSA) is 27.3 Å². The van der Waals surface area contributed by atoms with Crippen molar-refractivity contribution in [1.82, 2.24) is 13.7 Å². The molecule has 0 spiro atoms. The summed E-state index contributed by atoms with van der Waals surface area (Å²) in [5.74, 6) is 1.68. The molecule has 4 aromatic heterocycles. The molecule has 0 saturated carbocycles. The van der Waals surface area contributed by atoms with Crippen LogP contribution in [0, 0.1) is 0 Å². The van der Waals surface area contributed by atoms with E-state index in [2.05, 4.69) is 392 Å². The Hall–Kier alpha value is -10.9. The fraction of sp³-hybridized carbons (Fsp3) is 0.235. The van der Waals surface area contributed by atoms with Gasteiger partial charge in [0.25, 0.3) is 6.71 Å². The van der Waals surface area contributed by atoms with Crippen molar-refractivity contribution in [3.8, 4) is 50.8 Å². The number of rotatable bonds is 6. The number of aromatic nitrogens is 3. The monoisotopic (exact) mass is 1430 g/mol. The summed E-state index contributed by atoms with van der Waals surface area (Å²) in [7, 11) is 0. The molecule has 0 unspecified atom stereocenters. The van der Waals surface area contributed by atoms with Crippen LogP contribution in [0.25, 0.3) is 125 Å². The van der Waals surface area contributed by atoms with Gasteiger partial charge in [-0.05, 0) is 190 Å². The summed E-state index contributed by atoms with van der Waals surface area (Å²) in [6.07, 6.45) is 0. The van der Waals surface area contributed by atoms with E-state index in [1.807, 2.05) is 11.3 Å². The number of benzene rings is 13. The van der Waals surface area contributed by atoms with Gasteiger partial charge >= 0.3 is 0 Å². The van der Waals surface area contributed by atoms with Gasteiger partial charge in [0.1, 0.15) is 11.5 Å². The first kappa shape index (κ1) is 68.7. The minimum Gasteiger partial charge on any atom is -0.458 e. The van der Waals surface area contributed by atoms with Crippen LogP contribution in [-0.2, 0) is 32.5 Å². The number of anilines is 3. The van der Waals surface area contributed by atoms with Crippen molar-refractivity contribution in [2.75, 3.05) is 4.90 Å². The van der Waals surface area contributed by atoms with Crippen molar-refractivity contribution in [3.05, 3.63) is 282 Å². The van der Waals surface area contributed by atoms with Gasteiger partial charge in [-0.2, -0.15) is 0 Å². The van der Waals surface area contributed by atoms with Crippen molar-refractivity contribution in [2.24, 2.45) is 0 Å². The first-order valence-electron chi connectivity index (χ1n) is 39.2. The number of fused-ring (bicyclic) bond motifs is 17. The molecule has 2 aliphatic rings. The molecule has 0 N–H and O–H groups in total. The lowest BCUT2D eigenvalue weighted by Crippen LogP contribution is -2.59. The van der Waals surface area contributed by atoms with Crippen molar-refractivity contribution in [1.29, 1.82) is 0 Å². The van der Waals surface area contributed by atoms with E-state index in [1.165, 1.54) is 113 Å². The third-order valence-electron chi connectivity index (χ3n) is 24.0. The summed E-state index contributed by atoms with van der Waals surface area (Å²) in [4.78, 5) is 2.71. The molecule has 17 aromatic rings. The largest absolute Gasteiger partial charge is 0.458 e. The molecule has 5 nitrogen and oxygen atoms in total. The standard InChI is InChI=1S/C102H95BN4OS/c1-97(2,3)62-36-44-80-73(50-62)74-51-63(98(4,5)6)37-45-81(74)104(80)68-42-43-79-89(57-68)108-90-58-69(105-82-46-38-64(99(7,8)9)52-75(82)76-53-65(100(10,11)12)39-47-83(76)105)56-87-93(90)103(79)94-88(107(87)95-70(60-28-21-19-22-29-60)33-27-34-71(95)61-30-23-20-24-31-61)59-86(92-72-32-25-26-35-91(72)109-96(92)94)106-84-48-40-66(101(13,14)15)54-77(84)78-55-67(102(16,17)18)41-49-85(78)106/h19-59H,1-18H3. The van der Waals surface area contributed by atoms with Gasteiger partial charge in [0.2, 0.25) is 0 Å². The number of ether oxygens (including phenoxy) is 1. The lowest BCUT2D eigenvalue weighted by molar-refractivity contribution is 0.487. The number of thiophene rings is 1. The van der Waals surface area contributed by atoms with Gasteiger partial charge < -0.3 is 23.3 Å². The third kappa shape index (κ3) is 10.8. The summed E-state index contributed by atoms with van der Waals surface area (Å²) in [5.41, 5.74) is 29.0. The molecule has 19 rings (SSSR count).